The summed E-state index contributed by atoms with van der Waals surface area (Å²) in [6.07, 6.45) is 4.73. The highest BCUT2D eigenvalue weighted by atomic mass is 127. The second kappa shape index (κ2) is 16.6. The molecular formula is C28H39IN10O5. The number of aliphatic imine (C=N–C) groups is 1. The Balaban J connectivity index is 1.85. The molecule has 1 aromatic carbocycles. The number of rotatable bonds is 15. The normalized spacial score (nSPS) is 16.3. The van der Waals surface area contributed by atoms with Gasteiger partial charge in [-0.25, -0.2) is 4.98 Å². The zero-order valence-electron chi connectivity index (χ0n) is 24.4. The fourth-order valence-electron chi connectivity index (χ4n) is 4.97. The van der Waals surface area contributed by atoms with Crippen LogP contribution in [-0.2, 0) is 36.8 Å². The van der Waals surface area contributed by atoms with E-state index in [4.69, 9.17) is 17.2 Å². The number of aromatic amines is 1. The average molecular weight is 723 g/mol. The van der Waals surface area contributed by atoms with Crippen LogP contribution in [0.2, 0.25) is 0 Å². The van der Waals surface area contributed by atoms with Crippen LogP contribution in [0.15, 0.2) is 41.8 Å². The maximum absolute atomic E-state index is 13.8. The standard InChI is InChI=1S/C28H39IN10O5/c1-16(40)36-21(13-19-14-33-15-35-19)26(43)37-20(4-2-10-34-28(31)32)25(42)38-22(12-17-6-8-18(29)9-7-17)27(44)39-11-3-5-23(39)24(30)41/h6-9,14-15,20-23H,2-5,10-13H2,1H3,(H2,30,41)(H,33,35)(H,36,40)(H,37,43)(H,38,42)(H4,31,32,34)/t20-,21-,22+,23+/m0/s1. The van der Waals surface area contributed by atoms with Crippen LogP contribution in [-0.4, -0.2) is 87.6 Å². The minimum Gasteiger partial charge on any atom is -0.370 e. The van der Waals surface area contributed by atoms with Crippen LogP contribution in [0.3, 0.4) is 0 Å². The molecule has 0 spiro atoms. The predicted octanol–water partition coefficient (Wildman–Crippen LogP) is -1.20. The van der Waals surface area contributed by atoms with Crippen LogP contribution in [0.5, 0.6) is 0 Å². The van der Waals surface area contributed by atoms with Crippen molar-refractivity contribution in [2.45, 2.75) is 69.6 Å². The van der Waals surface area contributed by atoms with E-state index < -0.39 is 53.7 Å². The number of primary amides is 1. The third-order valence-corrected chi connectivity index (χ3v) is 7.80. The Morgan fingerprint density at radius 2 is 1.70 bits per heavy atom. The summed E-state index contributed by atoms with van der Waals surface area (Å²) in [5.41, 5.74) is 17.8. The van der Waals surface area contributed by atoms with Gasteiger partial charge in [0.05, 0.1) is 6.33 Å². The Morgan fingerprint density at radius 3 is 2.32 bits per heavy atom. The lowest BCUT2D eigenvalue weighted by molar-refractivity contribution is -0.141. The van der Waals surface area contributed by atoms with E-state index in [1.54, 1.807) is 0 Å². The van der Waals surface area contributed by atoms with E-state index in [0.717, 1.165) is 9.13 Å². The molecule has 0 radical (unpaired) electrons. The van der Waals surface area contributed by atoms with Gasteiger partial charge in [0.25, 0.3) is 0 Å². The van der Waals surface area contributed by atoms with Crippen LogP contribution < -0.4 is 33.2 Å². The van der Waals surface area contributed by atoms with Gasteiger partial charge in [0.15, 0.2) is 5.96 Å². The molecule has 10 N–H and O–H groups in total. The summed E-state index contributed by atoms with van der Waals surface area (Å²) in [6, 6.07) is 3.55. The van der Waals surface area contributed by atoms with Crippen LogP contribution in [0.25, 0.3) is 0 Å². The van der Waals surface area contributed by atoms with Crippen LogP contribution in [0.4, 0.5) is 0 Å². The third-order valence-electron chi connectivity index (χ3n) is 7.08. The lowest BCUT2D eigenvalue weighted by Crippen LogP contribution is -2.58. The van der Waals surface area contributed by atoms with Crippen molar-refractivity contribution in [1.29, 1.82) is 0 Å². The Morgan fingerprint density at radius 1 is 1.02 bits per heavy atom. The van der Waals surface area contributed by atoms with Crippen molar-refractivity contribution in [3.05, 3.63) is 51.6 Å². The van der Waals surface area contributed by atoms with Crippen molar-refractivity contribution in [2.24, 2.45) is 22.2 Å². The highest BCUT2D eigenvalue weighted by Gasteiger charge is 2.37. The van der Waals surface area contributed by atoms with Crippen molar-refractivity contribution in [1.82, 2.24) is 30.8 Å². The van der Waals surface area contributed by atoms with Crippen LogP contribution in [0, 0.1) is 3.57 Å². The van der Waals surface area contributed by atoms with Gasteiger partial charge in [0.2, 0.25) is 29.5 Å². The third kappa shape index (κ3) is 10.5. The number of guanidine groups is 1. The van der Waals surface area contributed by atoms with Crippen molar-refractivity contribution in [3.63, 3.8) is 0 Å². The molecule has 0 aliphatic carbocycles. The van der Waals surface area contributed by atoms with E-state index in [0.29, 0.717) is 31.5 Å². The molecule has 0 saturated carbocycles. The lowest BCUT2D eigenvalue weighted by Gasteiger charge is -2.29. The number of amides is 5. The van der Waals surface area contributed by atoms with Gasteiger partial charge in [-0.1, -0.05) is 12.1 Å². The van der Waals surface area contributed by atoms with Gasteiger partial charge < -0.3 is 43.0 Å². The lowest BCUT2D eigenvalue weighted by atomic mass is 10.0. The maximum atomic E-state index is 13.8. The number of hydrogen-bond acceptors (Lipinski definition) is 7. The Hall–Kier alpha value is -4.22. The summed E-state index contributed by atoms with van der Waals surface area (Å²) >= 11 is 2.17. The van der Waals surface area contributed by atoms with Crippen molar-refractivity contribution >= 4 is 58.1 Å². The quantitative estimate of drug-likeness (QED) is 0.0509. The number of H-pyrrole nitrogens is 1. The van der Waals surface area contributed by atoms with Gasteiger partial charge >= 0.3 is 0 Å². The summed E-state index contributed by atoms with van der Waals surface area (Å²) in [5, 5.41) is 8.14. The number of aromatic nitrogens is 2. The first-order valence-corrected chi connectivity index (χ1v) is 15.3. The molecule has 1 saturated heterocycles. The highest BCUT2D eigenvalue weighted by molar-refractivity contribution is 14.1. The topological polar surface area (TPSA) is 244 Å². The van der Waals surface area contributed by atoms with Gasteiger partial charge in [0, 0.05) is 48.3 Å². The molecule has 1 aliphatic rings. The first-order chi connectivity index (χ1) is 20.9. The second-order valence-electron chi connectivity index (χ2n) is 10.5. The minimum absolute atomic E-state index is 0.102. The second-order valence-corrected chi connectivity index (χ2v) is 11.8. The van der Waals surface area contributed by atoms with Crippen LogP contribution >= 0.6 is 22.6 Å². The molecule has 1 aliphatic heterocycles. The van der Waals surface area contributed by atoms with Gasteiger partial charge in [-0.2, -0.15) is 0 Å². The minimum atomic E-state index is -1.10. The van der Waals surface area contributed by atoms with E-state index in [1.807, 2.05) is 24.3 Å². The van der Waals surface area contributed by atoms with E-state index in [9.17, 15) is 24.0 Å². The van der Waals surface area contributed by atoms with Crippen molar-refractivity contribution in [3.8, 4) is 0 Å². The largest absolute Gasteiger partial charge is 0.370 e. The summed E-state index contributed by atoms with van der Waals surface area (Å²) in [7, 11) is 0. The number of hydrogen-bond donors (Lipinski definition) is 7. The van der Waals surface area contributed by atoms with Gasteiger partial charge in [-0.3, -0.25) is 29.0 Å². The molecule has 0 unspecified atom stereocenters. The van der Waals surface area contributed by atoms with Gasteiger partial charge in [-0.15, -0.1) is 0 Å². The Bertz CT molecular complexity index is 1330. The molecule has 1 aromatic heterocycles. The maximum Gasteiger partial charge on any atom is 0.246 e. The Kier molecular flexibility index (Phi) is 12.9. The Labute approximate surface area is 268 Å². The molecule has 3 rings (SSSR count). The molecule has 2 aromatic rings. The number of benzene rings is 1. The zero-order chi connectivity index (χ0) is 32.2. The first-order valence-electron chi connectivity index (χ1n) is 14.2. The number of nitrogens with zero attached hydrogens (tertiary/aromatic N) is 3. The summed E-state index contributed by atoms with van der Waals surface area (Å²) in [5.74, 6) is -2.83. The molecule has 4 atom stereocenters. The van der Waals surface area contributed by atoms with E-state index in [1.165, 1.54) is 24.3 Å². The molecule has 16 heteroatoms. The fraction of sp³-hybridized carbons (Fsp3) is 0.464. The van der Waals surface area contributed by atoms with E-state index in [2.05, 4.69) is 53.5 Å². The number of imidazole rings is 1. The molecule has 5 amide bonds. The molecule has 15 nitrogen and oxygen atoms in total. The summed E-state index contributed by atoms with van der Waals surface area (Å²) in [4.78, 5) is 77.1. The number of carbonyl (C=O) groups is 5. The van der Waals surface area contributed by atoms with Crippen LogP contribution in [0.1, 0.15) is 43.9 Å². The fourth-order valence-corrected chi connectivity index (χ4v) is 5.33. The number of nitrogens with one attached hydrogen (secondary N) is 4. The number of carbonyl (C=O) groups excluding carboxylic acids is 5. The van der Waals surface area contributed by atoms with Crippen molar-refractivity contribution < 1.29 is 24.0 Å². The predicted molar refractivity (Wildman–Crippen MR) is 170 cm³/mol. The summed E-state index contributed by atoms with van der Waals surface area (Å²) in [6.45, 7) is 1.81. The van der Waals surface area contributed by atoms with Gasteiger partial charge in [-0.05, 0) is 66.0 Å². The van der Waals surface area contributed by atoms with E-state index >= 15 is 0 Å². The molecule has 0 bridgehead atoms. The molecule has 238 valence electrons. The first kappa shape index (κ1) is 34.3. The van der Waals surface area contributed by atoms with Crippen molar-refractivity contribution in [2.75, 3.05) is 13.1 Å². The molecule has 44 heavy (non-hydrogen) atoms. The summed E-state index contributed by atoms with van der Waals surface area (Å²) < 4.78 is 0.999. The van der Waals surface area contributed by atoms with Gasteiger partial charge in [0.1, 0.15) is 24.2 Å². The SMILES string of the molecule is CC(=O)N[C@@H](Cc1cnc[nH]1)C(=O)N[C@@H](CCCN=C(N)N)C(=O)N[C@H](Cc1ccc(I)cc1)C(=O)N1CCC[C@@H]1C(N)=O. The smallest absolute Gasteiger partial charge is 0.246 e. The molecule has 1 fully saturated rings. The number of likely N-dealkylation sites (tertiary alicyclic amines) is 1. The number of nitrogens with two attached hydrogens (primary N) is 3. The van der Waals surface area contributed by atoms with E-state index in [-0.39, 0.29) is 31.8 Å². The monoisotopic (exact) mass is 722 g/mol. The zero-order valence-corrected chi connectivity index (χ0v) is 26.6. The average Bonchev–Trinajstić information content (AvgIpc) is 3.67. The highest BCUT2D eigenvalue weighted by Crippen LogP contribution is 2.20. The molecular weight excluding hydrogens is 683 g/mol. The number of halogens is 1. The molecule has 2 heterocycles.